The minimum Gasteiger partial charge on any atom is -0.0683 e. The van der Waals surface area contributed by atoms with Gasteiger partial charge in [-0.1, -0.05) is 75.7 Å². The third-order valence-electron chi connectivity index (χ3n) is 2.31. The highest BCUT2D eigenvalue weighted by molar-refractivity contribution is 4.82. The summed E-state index contributed by atoms with van der Waals surface area (Å²) in [6, 6.07) is 0. The predicted octanol–water partition coefficient (Wildman–Crippen LogP) is 6.30. The molecule has 0 heterocycles. The van der Waals surface area contributed by atoms with Crippen LogP contribution in [-0.4, -0.2) is 0 Å². The molecule has 0 unspecified atom stereocenters. The Morgan fingerprint density at radius 3 is 1.00 bits per heavy atom. The van der Waals surface area contributed by atoms with Gasteiger partial charge in [-0.2, -0.15) is 0 Å². The summed E-state index contributed by atoms with van der Waals surface area (Å²) >= 11 is 0. The molecule has 1 rings (SSSR count). The Kier molecular flexibility index (Phi) is 14.3. The summed E-state index contributed by atoms with van der Waals surface area (Å²) in [6.45, 7) is 21.5. The lowest BCUT2D eigenvalue weighted by Gasteiger charge is -2.12. The molecule has 0 spiro atoms. The monoisotopic (exact) mass is 216 g/mol. The van der Waals surface area contributed by atoms with Gasteiger partial charge in [-0.15, -0.1) is 0 Å². The first kappa shape index (κ1) is 20.4. The van der Waals surface area contributed by atoms with Gasteiger partial charge < -0.3 is 0 Å². The highest BCUT2D eigenvalue weighted by atomic mass is 14.4. The second-order valence-corrected chi connectivity index (χ2v) is 5.58. The summed E-state index contributed by atoms with van der Waals surface area (Å²) in [5, 5.41) is 0. The minimum atomic E-state index is 0.542. The molecule has 0 bridgehead atoms. The molecule has 0 N–H and O–H groups in total. The fourth-order valence-corrected chi connectivity index (χ4v) is 0.250. The molecule has 0 aliphatic heterocycles. The van der Waals surface area contributed by atoms with Gasteiger partial charge in [0.2, 0.25) is 0 Å². The number of hydrogen-bond acceptors (Lipinski definition) is 0. The molecule has 96 valence electrons. The summed E-state index contributed by atoms with van der Waals surface area (Å²) in [7, 11) is 0. The lowest BCUT2D eigenvalue weighted by molar-refractivity contribution is 0.398. The van der Waals surface area contributed by atoms with Crippen molar-refractivity contribution in [3.8, 4) is 0 Å². The first-order valence-electron chi connectivity index (χ1n) is 6.77. The topological polar surface area (TPSA) is 0 Å². The smallest absolute Gasteiger partial charge is 0.0354 e. The first-order valence-corrected chi connectivity index (χ1v) is 6.77. The van der Waals surface area contributed by atoms with Gasteiger partial charge in [0.15, 0.2) is 0 Å². The first-order chi connectivity index (χ1) is 6.77. The number of hydrogen-bond donors (Lipinski definition) is 0. The fourth-order valence-electron chi connectivity index (χ4n) is 0.250. The van der Waals surface area contributed by atoms with Crippen LogP contribution < -0.4 is 0 Å². The normalized spacial score (nSPS) is 15.6. The lowest BCUT2D eigenvalue weighted by atomic mass is 9.94. The molecule has 0 saturated heterocycles. The average Bonchev–Trinajstić information content (AvgIpc) is 2.88. The minimum absolute atomic E-state index is 0.542. The van der Waals surface area contributed by atoms with E-state index in [1.807, 2.05) is 27.7 Å². The van der Waals surface area contributed by atoms with Crippen molar-refractivity contribution in [3.63, 3.8) is 0 Å². The molecule has 0 amide bonds. The maximum Gasteiger partial charge on any atom is -0.0354 e. The van der Waals surface area contributed by atoms with E-state index in [2.05, 4.69) is 41.5 Å². The standard InChI is InChI=1S/C6H14.C5H10.2C2H6/c1-5-6(2,3)4;1-5(2)3-4-5;2*1-2/h5H2,1-4H3;3-4H2,1-2H3;2*1-2H3. The van der Waals surface area contributed by atoms with Gasteiger partial charge in [0, 0.05) is 0 Å². The van der Waals surface area contributed by atoms with Crippen molar-refractivity contribution >= 4 is 0 Å². The Balaban J connectivity index is -0.000000145. The molecule has 1 aliphatic carbocycles. The van der Waals surface area contributed by atoms with Gasteiger partial charge in [0.25, 0.3) is 0 Å². The summed E-state index contributed by atoms with van der Waals surface area (Å²) in [6.07, 6.45) is 4.17. The maximum atomic E-state index is 2.30. The SMILES string of the molecule is CC.CC.CC1(C)CC1.CCC(C)(C)C. The Labute approximate surface area is 99.9 Å². The molecular weight excluding hydrogens is 180 g/mol. The third kappa shape index (κ3) is 31.5. The predicted molar refractivity (Wildman–Crippen MR) is 75.5 cm³/mol. The molecule has 1 fully saturated rings. The van der Waals surface area contributed by atoms with Crippen molar-refractivity contribution in [2.24, 2.45) is 10.8 Å². The van der Waals surface area contributed by atoms with E-state index in [-0.39, 0.29) is 0 Å². The van der Waals surface area contributed by atoms with E-state index in [0.29, 0.717) is 5.41 Å². The van der Waals surface area contributed by atoms with Crippen LogP contribution in [0.4, 0.5) is 0 Å². The van der Waals surface area contributed by atoms with Gasteiger partial charge in [-0.05, 0) is 23.7 Å². The zero-order valence-corrected chi connectivity index (χ0v) is 13.1. The van der Waals surface area contributed by atoms with Gasteiger partial charge >= 0.3 is 0 Å². The lowest BCUT2D eigenvalue weighted by Crippen LogP contribution is -2.00. The zero-order chi connectivity index (χ0) is 13.1. The van der Waals surface area contributed by atoms with Crippen molar-refractivity contribution in [3.05, 3.63) is 0 Å². The van der Waals surface area contributed by atoms with E-state index < -0.39 is 0 Å². The Morgan fingerprint density at radius 2 is 1.00 bits per heavy atom. The van der Waals surface area contributed by atoms with Crippen LogP contribution in [-0.2, 0) is 0 Å². The molecule has 0 aromatic carbocycles. The number of rotatable bonds is 0. The van der Waals surface area contributed by atoms with Crippen molar-refractivity contribution in [1.29, 1.82) is 0 Å². The van der Waals surface area contributed by atoms with Crippen molar-refractivity contribution in [1.82, 2.24) is 0 Å². The van der Waals surface area contributed by atoms with Gasteiger partial charge in [0.1, 0.15) is 0 Å². The van der Waals surface area contributed by atoms with Crippen LogP contribution in [0.25, 0.3) is 0 Å². The van der Waals surface area contributed by atoms with Crippen LogP contribution in [0.2, 0.25) is 0 Å². The summed E-state index contributed by atoms with van der Waals surface area (Å²) < 4.78 is 0. The Hall–Kier alpha value is 0. The average molecular weight is 216 g/mol. The van der Waals surface area contributed by atoms with Crippen LogP contribution >= 0.6 is 0 Å². The van der Waals surface area contributed by atoms with Crippen LogP contribution in [0.5, 0.6) is 0 Å². The van der Waals surface area contributed by atoms with Crippen molar-refractivity contribution in [2.75, 3.05) is 0 Å². The molecule has 0 aromatic rings. The van der Waals surface area contributed by atoms with Crippen molar-refractivity contribution in [2.45, 2.75) is 88.5 Å². The van der Waals surface area contributed by atoms with Gasteiger partial charge in [-0.3, -0.25) is 0 Å². The molecule has 1 saturated carbocycles. The largest absolute Gasteiger partial charge is 0.0683 e. The Morgan fingerprint density at radius 1 is 0.867 bits per heavy atom. The molecule has 15 heavy (non-hydrogen) atoms. The van der Waals surface area contributed by atoms with Gasteiger partial charge in [0.05, 0.1) is 0 Å². The highest BCUT2D eigenvalue weighted by Gasteiger charge is 2.30. The zero-order valence-electron chi connectivity index (χ0n) is 13.1. The van der Waals surface area contributed by atoms with Crippen molar-refractivity contribution < 1.29 is 0 Å². The van der Waals surface area contributed by atoms with Crippen LogP contribution in [0, 0.1) is 10.8 Å². The summed E-state index contributed by atoms with van der Waals surface area (Å²) in [5.74, 6) is 0. The quantitative estimate of drug-likeness (QED) is 0.445. The van der Waals surface area contributed by atoms with E-state index in [9.17, 15) is 0 Å². The van der Waals surface area contributed by atoms with E-state index in [1.165, 1.54) is 19.3 Å². The summed E-state index contributed by atoms with van der Waals surface area (Å²) in [4.78, 5) is 0. The van der Waals surface area contributed by atoms with E-state index >= 15 is 0 Å². The summed E-state index contributed by atoms with van der Waals surface area (Å²) in [5.41, 5.74) is 1.29. The Bertz CT molecular complexity index is 97.7. The third-order valence-corrected chi connectivity index (χ3v) is 2.31. The van der Waals surface area contributed by atoms with Crippen LogP contribution in [0.3, 0.4) is 0 Å². The molecule has 0 radical (unpaired) electrons. The molecule has 1 aliphatic rings. The van der Waals surface area contributed by atoms with E-state index in [1.54, 1.807) is 0 Å². The highest BCUT2D eigenvalue weighted by Crippen LogP contribution is 2.43. The van der Waals surface area contributed by atoms with Gasteiger partial charge in [-0.25, -0.2) is 0 Å². The van der Waals surface area contributed by atoms with E-state index in [0.717, 1.165) is 5.41 Å². The molecule has 0 heteroatoms. The van der Waals surface area contributed by atoms with Crippen LogP contribution in [0.15, 0.2) is 0 Å². The molecule has 0 aromatic heterocycles. The van der Waals surface area contributed by atoms with Crippen LogP contribution in [0.1, 0.15) is 88.5 Å². The molecule has 0 atom stereocenters. The molecular formula is C15H36. The second kappa shape index (κ2) is 10.5. The fraction of sp³-hybridized carbons (Fsp3) is 1.00. The maximum absolute atomic E-state index is 2.30. The second-order valence-electron chi connectivity index (χ2n) is 5.58. The molecule has 0 nitrogen and oxygen atoms in total. The van der Waals surface area contributed by atoms with E-state index in [4.69, 9.17) is 0 Å².